The van der Waals surface area contributed by atoms with E-state index in [1.807, 2.05) is 30.5 Å². The molecule has 2 rings (SSSR count). The van der Waals surface area contributed by atoms with Crippen molar-refractivity contribution in [3.63, 3.8) is 0 Å². The number of aromatic amines is 1. The fourth-order valence-electron chi connectivity index (χ4n) is 1.96. The van der Waals surface area contributed by atoms with Crippen molar-refractivity contribution in [2.24, 2.45) is 0 Å². The Morgan fingerprint density at radius 1 is 1.33 bits per heavy atom. The van der Waals surface area contributed by atoms with Crippen LogP contribution < -0.4 is 9.44 Å². The molecule has 0 spiro atoms. The van der Waals surface area contributed by atoms with Crippen LogP contribution in [0.2, 0.25) is 0 Å². The molecule has 21 heavy (non-hydrogen) atoms. The summed E-state index contributed by atoms with van der Waals surface area (Å²) in [6, 6.07) is 7.76. The normalized spacial score (nSPS) is 11.5. The lowest BCUT2D eigenvalue weighted by molar-refractivity contribution is 0.158. The second kappa shape index (κ2) is 6.59. The predicted octanol–water partition coefficient (Wildman–Crippen LogP) is 1.29. The zero-order valence-electron chi connectivity index (χ0n) is 11.5. The topological polar surface area (TPSA) is 100 Å². The monoisotopic (exact) mass is 311 g/mol. The van der Waals surface area contributed by atoms with Gasteiger partial charge < -0.3 is 9.72 Å². The van der Waals surface area contributed by atoms with Gasteiger partial charge in [-0.15, -0.1) is 0 Å². The summed E-state index contributed by atoms with van der Waals surface area (Å²) in [5, 5.41) is 1.05. The number of amides is 1. The van der Waals surface area contributed by atoms with Crippen LogP contribution in [0, 0.1) is 0 Å². The van der Waals surface area contributed by atoms with Gasteiger partial charge >= 0.3 is 16.3 Å². The number of rotatable bonds is 6. The molecule has 0 aliphatic rings. The first-order valence-corrected chi connectivity index (χ1v) is 7.99. The van der Waals surface area contributed by atoms with Gasteiger partial charge in [-0.3, -0.25) is 0 Å². The van der Waals surface area contributed by atoms with Crippen molar-refractivity contribution in [3.8, 4) is 0 Å². The van der Waals surface area contributed by atoms with Gasteiger partial charge in [0.2, 0.25) is 0 Å². The van der Waals surface area contributed by atoms with Gasteiger partial charge in [0.1, 0.15) is 0 Å². The zero-order chi connectivity index (χ0) is 15.3. The molecule has 0 fully saturated rings. The maximum absolute atomic E-state index is 11.6. The Bertz CT molecular complexity index is 724. The maximum Gasteiger partial charge on any atom is 0.421 e. The van der Waals surface area contributed by atoms with E-state index in [0.717, 1.165) is 16.5 Å². The number of fused-ring (bicyclic) bond motifs is 1. The van der Waals surface area contributed by atoms with E-state index in [1.165, 1.54) is 0 Å². The quantitative estimate of drug-likeness (QED) is 0.748. The molecule has 3 N–H and O–H groups in total. The standard InChI is InChI=1S/C13H17N3O4S/c1-2-20-13(17)16-21(18,19)15-8-7-10-9-14-12-6-4-3-5-11(10)12/h3-6,9,14-15H,2,7-8H2,1H3,(H,16,17). The van der Waals surface area contributed by atoms with Gasteiger partial charge in [-0.25, -0.2) is 9.52 Å². The molecule has 1 heterocycles. The van der Waals surface area contributed by atoms with Gasteiger partial charge in [-0.05, 0) is 25.0 Å². The van der Waals surface area contributed by atoms with E-state index in [9.17, 15) is 13.2 Å². The molecule has 0 aliphatic carbocycles. The molecular weight excluding hydrogens is 294 g/mol. The third kappa shape index (κ3) is 4.20. The van der Waals surface area contributed by atoms with E-state index in [1.54, 1.807) is 11.6 Å². The number of H-pyrrole nitrogens is 1. The van der Waals surface area contributed by atoms with Gasteiger partial charge in [-0.2, -0.15) is 13.1 Å². The van der Waals surface area contributed by atoms with Gasteiger partial charge in [0.15, 0.2) is 0 Å². The van der Waals surface area contributed by atoms with Crippen LogP contribution in [-0.2, 0) is 21.4 Å². The number of ether oxygens (including phenoxy) is 1. The molecule has 2 aromatic rings. The Morgan fingerprint density at radius 3 is 2.86 bits per heavy atom. The lowest BCUT2D eigenvalue weighted by atomic mass is 10.1. The largest absolute Gasteiger partial charge is 0.449 e. The molecular formula is C13H17N3O4S. The highest BCUT2D eigenvalue weighted by atomic mass is 32.2. The van der Waals surface area contributed by atoms with Crippen molar-refractivity contribution in [2.75, 3.05) is 13.2 Å². The summed E-state index contributed by atoms with van der Waals surface area (Å²) in [6.45, 7) is 1.88. The van der Waals surface area contributed by atoms with Crippen molar-refractivity contribution in [2.45, 2.75) is 13.3 Å². The van der Waals surface area contributed by atoms with Crippen molar-refractivity contribution >= 4 is 27.2 Å². The molecule has 1 aromatic heterocycles. The summed E-state index contributed by atoms with van der Waals surface area (Å²) in [7, 11) is -3.89. The van der Waals surface area contributed by atoms with Crippen molar-refractivity contribution in [1.29, 1.82) is 0 Å². The third-order valence-corrected chi connectivity index (χ3v) is 3.87. The summed E-state index contributed by atoms with van der Waals surface area (Å²) in [5.74, 6) is 0. The van der Waals surface area contributed by atoms with E-state index in [-0.39, 0.29) is 13.2 Å². The van der Waals surface area contributed by atoms with E-state index >= 15 is 0 Å². The minimum absolute atomic E-state index is 0.108. The molecule has 0 unspecified atom stereocenters. The Balaban J connectivity index is 1.90. The molecule has 0 saturated carbocycles. The average molecular weight is 311 g/mol. The van der Waals surface area contributed by atoms with Crippen LogP contribution in [0.15, 0.2) is 30.5 Å². The molecule has 0 atom stereocenters. The molecule has 0 bridgehead atoms. The first kappa shape index (κ1) is 15.3. The predicted molar refractivity (Wildman–Crippen MR) is 79.1 cm³/mol. The lowest BCUT2D eigenvalue weighted by Crippen LogP contribution is -2.41. The summed E-state index contributed by atoms with van der Waals surface area (Å²) in [6.07, 6.45) is 1.36. The number of hydrogen-bond acceptors (Lipinski definition) is 4. The second-order valence-corrected chi connectivity index (χ2v) is 5.83. The summed E-state index contributed by atoms with van der Waals surface area (Å²) in [5.41, 5.74) is 2.00. The minimum atomic E-state index is -3.89. The molecule has 7 nitrogen and oxygen atoms in total. The van der Waals surface area contributed by atoms with Crippen LogP contribution >= 0.6 is 0 Å². The summed E-state index contributed by atoms with van der Waals surface area (Å²) >= 11 is 0. The number of hydrogen-bond donors (Lipinski definition) is 3. The van der Waals surface area contributed by atoms with Crippen LogP contribution in [-0.4, -0.2) is 32.6 Å². The minimum Gasteiger partial charge on any atom is -0.449 e. The van der Waals surface area contributed by atoms with Gasteiger partial charge in [0.05, 0.1) is 6.61 Å². The molecule has 0 saturated heterocycles. The fourth-order valence-corrected chi connectivity index (χ4v) is 2.69. The smallest absolute Gasteiger partial charge is 0.421 e. The highest BCUT2D eigenvalue weighted by Crippen LogP contribution is 2.17. The number of nitrogens with one attached hydrogen (secondary N) is 3. The molecule has 1 aromatic carbocycles. The van der Waals surface area contributed by atoms with E-state index in [2.05, 4.69) is 14.4 Å². The van der Waals surface area contributed by atoms with Crippen LogP contribution in [0.5, 0.6) is 0 Å². The highest BCUT2D eigenvalue weighted by Gasteiger charge is 2.14. The van der Waals surface area contributed by atoms with Crippen LogP contribution in [0.4, 0.5) is 4.79 Å². The molecule has 0 aliphatic heterocycles. The molecule has 8 heteroatoms. The Morgan fingerprint density at radius 2 is 2.10 bits per heavy atom. The molecule has 114 valence electrons. The van der Waals surface area contributed by atoms with Crippen molar-refractivity contribution in [3.05, 3.63) is 36.0 Å². The Labute approximate surface area is 122 Å². The van der Waals surface area contributed by atoms with E-state index in [0.29, 0.717) is 6.42 Å². The number of aromatic nitrogens is 1. The van der Waals surface area contributed by atoms with E-state index in [4.69, 9.17) is 0 Å². The second-order valence-electron chi connectivity index (χ2n) is 4.33. The lowest BCUT2D eigenvalue weighted by Gasteiger charge is -2.07. The van der Waals surface area contributed by atoms with Crippen molar-refractivity contribution < 1.29 is 17.9 Å². The van der Waals surface area contributed by atoms with E-state index < -0.39 is 16.3 Å². The Hall–Kier alpha value is -2.06. The maximum atomic E-state index is 11.6. The fraction of sp³-hybridized carbons (Fsp3) is 0.308. The SMILES string of the molecule is CCOC(=O)NS(=O)(=O)NCCc1c[nH]c2ccccc12. The highest BCUT2D eigenvalue weighted by molar-refractivity contribution is 7.88. The zero-order valence-corrected chi connectivity index (χ0v) is 12.4. The first-order chi connectivity index (χ1) is 10.0. The Kier molecular flexibility index (Phi) is 4.81. The van der Waals surface area contributed by atoms with Crippen LogP contribution in [0.3, 0.4) is 0 Å². The van der Waals surface area contributed by atoms with Gasteiger partial charge in [0, 0.05) is 23.6 Å². The van der Waals surface area contributed by atoms with Crippen LogP contribution in [0.1, 0.15) is 12.5 Å². The number of benzene rings is 1. The van der Waals surface area contributed by atoms with Gasteiger partial charge in [0.25, 0.3) is 0 Å². The number of carbonyl (C=O) groups is 1. The molecule has 1 amide bonds. The van der Waals surface area contributed by atoms with Crippen molar-refractivity contribution in [1.82, 2.24) is 14.4 Å². The first-order valence-electron chi connectivity index (χ1n) is 6.51. The summed E-state index contributed by atoms with van der Waals surface area (Å²) in [4.78, 5) is 14.2. The number of carbonyl (C=O) groups excluding carboxylic acids is 1. The third-order valence-electron chi connectivity index (χ3n) is 2.85. The van der Waals surface area contributed by atoms with Gasteiger partial charge in [-0.1, -0.05) is 18.2 Å². The summed E-state index contributed by atoms with van der Waals surface area (Å²) < 4.78 is 31.7. The average Bonchev–Trinajstić information content (AvgIpc) is 2.82. The van der Waals surface area contributed by atoms with Crippen LogP contribution in [0.25, 0.3) is 10.9 Å². The number of para-hydroxylation sites is 1. The molecule has 0 radical (unpaired) electrons.